The molecule has 0 unspecified atom stereocenters. The van der Waals surface area contributed by atoms with Gasteiger partial charge in [-0.3, -0.25) is 0 Å². The lowest BCUT2D eigenvalue weighted by Gasteiger charge is -2.42. The number of hydrogen-bond donors (Lipinski definition) is 1. The molecule has 1 N–H and O–H groups in total. The molecule has 0 fully saturated rings. The molecule has 0 heterocycles. The Morgan fingerprint density at radius 3 is 1.14 bits per heavy atom. The van der Waals surface area contributed by atoms with Crippen molar-refractivity contribution >= 4 is 0 Å². The van der Waals surface area contributed by atoms with Gasteiger partial charge in [-0.1, -0.05) is 31.8 Å². The van der Waals surface area contributed by atoms with Crippen molar-refractivity contribution in [2.24, 2.45) is 0 Å². The Morgan fingerprint density at radius 2 is 0.750 bits per heavy atom. The molecule has 0 radical (unpaired) electrons. The van der Waals surface area contributed by atoms with E-state index in [2.05, 4.69) is 0 Å². The monoisotopic (exact) mass is 574 g/mol. The predicted octanol–water partition coefficient (Wildman–Crippen LogP) is 8.28. The first-order chi connectivity index (χ1) is 15.8. The zero-order valence-electron chi connectivity index (χ0n) is 17.7. The molecule has 0 rings (SSSR count). The molecule has 18 heteroatoms. The highest BCUT2D eigenvalue weighted by Gasteiger charge is 2.95. The average molecular weight is 574 g/mol. The van der Waals surface area contributed by atoms with E-state index >= 15 is 0 Å². The fourth-order valence-electron chi connectivity index (χ4n) is 2.59. The molecule has 36 heavy (non-hydrogen) atoms. The van der Waals surface area contributed by atoms with Crippen LogP contribution >= 0.6 is 0 Å². The van der Waals surface area contributed by atoms with Crippen molar-refractivity contribution in [3.8, 4) is 0 Å². The molecular formula is C18H19F17O. The van der Waals surface area contributed by atoms with Crippen molar-refractivity contribution in [3.05, 3.63) is 12.2 Å². The SMILES string of the molecule is OCCCCCCCC/C=C\C(F)(F)C(F)(F)C(F)(F)C(F)(F)C(F)(F)C(F)(F)C(F)(F)C(F)(F)F. The van der Waals surface area contributed by atoms with Gasteiger partial charge < -0.3 is 5.11 Å². The Bertz CT molecular complexity index is 724. The second-order valence-electron chi connectivity index (χ2n) is 7.60. The van der Waals surface area contributed by atoms with Gasteiger partial charge in [0, 0.05) is 6.61 Å². The Balaban J connectivity index is 5.89. The smallest absolute Gasteiger partial charge is 0.396 e. The molecule has 0 saturated carbocycles. The van der Waals surface area contributed by atoms with Crippen LogP contribution in [0, 0.1) is 0 Å². The van der Waals surface area contributed by atoms with Gasteiger partial charge in [0.1, 0.15) is 0 Å². The minimum Gasteiger partial charge on any atom is -0.396 e. The highest BCUT2D eigenvalue weighted by molar-refractivity contribution is 5.17. The Labute approximate surface area is 192 Å². The fraction of sp³-hybridized carbons (Fsp3) is 0.889. The Morgan fingerprint density at radius 1 is 0.417 bits per heavy atom. The van der Waals surface area contributed by atoms with E-state index in [1.807, 2.05) is 0 Å². The van der Waals surface area contributed by atoms with Gasteiger partial charge in [0.2, 0.25) is 0 Å². The summed E-state index contributed by atoms with van der Waals surface area (Å²) in [7, 11) is 0. The van der Waals surface area contributed by atoms with Gasteiger partial charge in [0.25, 0.3) is 0 Å². The summed E-state index contributed by atoms with van der Waals surface area (Å²) in [6, 6.07) is 0. The van der Waals surface area contributed by atoms with Gasteiger partial charge in [-0.25, -0.2) is 0 Å². The summed E-state index contributed by atoms with van der Waals surface area (Å²) in [4.78, 5) is 0. The minimum atomic E-state index is -8.61. The van der Waals surface area contributed by atoms with Crippen LogP contribution in [0.1, 0.15) is 44.9 Å². The third-order valence-corrected chi connectivity index (χ3v) is 4.85. The Kier molecular flexibility index (Phi) is 10.6. The maximum Gasteiger partial charge on any atom is 0.460 e. The average Bonchev–Trinajstić information content (AvgIpc) is 2.70. The molecule has 0 atom stereocenters. The van der Waals surface area contributed by atoms with Crippen LogP contribution in [0.3, 0.4) is 0 Å². The predicted molar refractivity (Wildman–Crippen MR) is 89.2 cm³/mol. The van der Waals surface area contributed by atoms with E-state index in [0.29, 0.717) is 25.7 Å². The summed E-state index contributed by atoms with van der Waals surface area (Å²) in [5.41, 5.74) is 0. The van der Waals surface area contributed by atoms with Gasteiger partial charge in [-0.15, -0.1) is 0 Å². The lowest BCUT2D eigenvalue weighted by atomic mass is 9.89. The summed E-state index contributed by atoms with van der Waals surface area (Å²) in [5, 5.41) is 8.54. The van der Waals surface area contributed by atoms with Crippen LogP contribution in [-0.2, 0) is 0 Å². The van der Waals surface area contributed by atoms with E-state index < -0.39 is 60.1 Å². The third kappa shape index (κ3) is 5.97. The van der Waals surface area contributed by atoms with Gasteiger partial charge in [0.15, 0.2) is 0 Å². The van der Waals surface area contributed by atoms with E-state index in [0.717, 1.165) is 0 Å². The molecule has 0 saturated heterocycles. The van der Waals surface area contributed by atoms with Gasteiger partial charge in [0.05, 0.1) is 0 Å². The number of rotatable bonds is 15. The van der Waals surface area contributed by atoms with Gasteiger partial charge in [-0.05, 0) is 25.3 Å². The molecule has 0 spiro atoms. The molecule has 0 aromatic rings. The zero-order valence-corrected chi connectivity index (χ0v) is 17.7. The molecule has 0 bridgehead atoms. The highest BCUT2D eigenvalue weighted by atomic mass is 19.4. The standard InChI is InChI=1S/C18H19F17O/c19-11(20,9-7-5-3-1-2-4-6-8-10-36)12(21,22)13(23,24)14(25,26)15(27,28)16(29,30)17(31,32)18(33,34)35/h7,9,36H,1-6,8,10H2/b9-7-. The molecule has 0 aromatic carbocycles. The van der Waals surface area contributed by atoms with E-state index in [9.17, 15) is 74.6 Å². The number of halogens is 17. The maximum atomic E-state index is 13.6. The first-order valence-corrected chi connectivity index (χ1v) is 9.81. The number of hydrogen-bond acceptors (Lipinski definition) is 1. The topological polar surface area (TPSA) is 20.2 Å². The number of aliphatic hydroxyl groups excluding tert-OH is 1. The van der Waals surface area contributed by atoms with E-state index in [1.165, 1.54) is 0 Å². The second kappa shape index (κ2) is 11.1. The summed E-state index contributed by atoms with van der Waals surface area (Å²) in [6.45, 7) is -0.107. The summed E-state index contributed by atoms with van der Waals surface area (Å²) < 4.78 is 223. The molecular weight excluding hydrogens is 555 g/mol. The molecule has 216 valence electrons. The minimum absolute atomic E-state index is 0.0421. The number of aliphatic hydroxyl groups is 1. The van der Waals surface area contributed by atoms with Gasteiger partial charge >= 0.3 is 47.6 Å². The van der Waals surface area contributed by atoms with Crippen molar-refractivity contribution in [1.29, 1.82) is 0 Å². The quantitative estimate of drug-likeness (QED) is 0.119. The molecule has 0 aliphatic heterocycles. The van der Waals surface area contributed by atoms with Crippen LogP contribution in [0.2, 0.25) is 0 Å². The summed E-state index contributed by atoms with van der Waals surface area (Å²) >= 11 is 0. The molecule has 0 aliphatic carbocycles. The lowest BCUT2D eigenvalue weighted by molar-refractivity contribution is -0.459. The second-order valence-corrected chi connectivity index (χ2v) is 7.60. The molecule has 0 amide bonds. The third-order valence-electron chi connectivity index (χ3n) is 4.85. The maximum absolute atomic E-state index is 13.6. The largest absolute Gasteiger partial charge is 0.460 e. The van der Waals surface area contributed by atoms with Crippen LogP contribution in [0.15, 0.2) is 12.2 Å². The van der Waals surface area contributed by atoms with E-state index in [-0.39, 0.29) is 25.5 Å². The lowest BCUT2D eigenvalue weighted by Crippen LogP contribution is -2.74. The normalized spacial score (nSPS) is 15.7. The molecule has 1 nitrogen and oxygen atoms in total. The number of unbranched alkanes of at least 4 members (excludes halogenated alkanes) is 6. The van der Waals surface area contributed by atoms with Crippen molar-refractivity contribution in [1.82, 2.24) is 0 Å². The van der Waals surface area contributed by atoms with Crippen LogP contribution in [-0.4, -0.2) is 59.3 Å². The highest BCUT2D eigenvalue weighted by Crippen LogP contribution is 2.64. The number of allylic oxidation sites excluding steroid dienone is 2. The number of alkyl halides is 17. The van der Waals surface area contributed by atoms with Crippen molar-refractivity contribution in [2.45, 2.75) is 92.6 Å². The summed E-state index contributed by atoms with van der Waals surface area (Å²) in [6.07, 6.45) is -7.23. The van der Waals surface area contributed by atoms with E-state index in [4.69, 9.17) is 5.11 Å². The first-order valence-electron chi connectivity index (χ1n) is 9.81. The van der Waals surface area contributed by atoms with Crippen molar-refractivity contribution in [3.63, 3.8) is 0 Å². The Hall–Kier alpha value is -1.49. The van der Waals surface area contributed by atoms with Crippen LogP contribution in [0.4, 0.5) is 74.6 Å². The van der Waals surface area contributed by atoms with Crippen molar-refractivity contribution < 1.29 is 79.7 Å². The molecule has 0 aliphatic rings. The van der Waals surface area contributed by atoms with Gasteiger partial charge in [-0.2, -0.15) is 74.6 Å². The van der Waals surface area contributed by atoms with Crippen LogP contribution < -0.4 is 0 Å². The summed E-state index contributed by atoms with van der Waals surface area (Å²) in [5.74, 6) is -56.2. The van der Waals surface area contributed by atoms with Crippen molar-refractivity contribution in [2.75, 3.05) is 6.61 Å². The van der Waals surface area contributed by atoms with Crippen LogP contribution in [0.25, 0.3) is 0 Å². The first kappa shape index (κ1) is 34.5. The van der Waals surface area contributed by atoms with Crippen LogP contribution in [0.5, 0.6) is 0 Å². The fourth-order valence-corrected chi connectivity index (χ4v) is 2.59. The van der Waals surface area contributed by atoms with E-state index in [1.54, 1.807) is 0 Å². The zero-order chi connectivity index (χ0) is 29.1. The molecule has 0 aromatic heterocycles.